The SMILES string of the molecule is CC(C)(F)C1(c2ccccc2)CCCC1. The van der Waals surface area contributed by atoms with Crippen LogP contribution in [0.4, 0.5) is 4.39 Å². The van der Waals surface area contributed by atoms with Crippen molar-refractivity contribution >= 4 is 0 Å². The van der Waals surface area contributed by atoms with Gasteiger partial charge < -0.3 is 0 Å². The van der Waals surface area contributed by atoms with E-state index in [1.54, 1.807) is 13.8 Å². The number of hydrogen-bond donors (Lipinski definition) is 0. The van der Waals surface area contributed by atoms with Gasteiger partial charge in [-0.1, -0.05) is 43.2 Å². The average molecular weight is 206 g/mol. The van der Waals surface area contributed by atoms with Crippen molar-refractivity contribution in [2.75, 3.05) is 0 Å². The largest absolute Gasteiger partial charge is 0.244 e. The Morgan fingerprint density at radius 2 is 1.60 bits per heavy atom. The maximum absolute atomic E-state index is 14.4. The van der Waals surface area contributed by atoms with Gasteiger partial charge in [0.1, 0.15) is 5.67 Å². The fourth-order valence-electron chi connectivity index (χ4n) is 2.96. The lowest BCUT2D eigenvalue weighted by atomic mass is 9.68. The van der Waals surface area contributed by atoms with Crippen molar-refractivity contribution in [2.24, 2.45) is 0 Å². The highest BCUT2D eigenvalue weighted by Crippen LogP contribution is 2.50. The van der Waals surface area contributed by atoms with Crippen molar-refractivity contribution in [3.63, 3.8) is 0 Å². The van der Waals surface area contributed by atoms with E-state index < -0.39 is 5.67 Å². The summed E-state index contributed by atoms with van der Waals surface area (Å²) in [6.45, 7) is 3.46. The third-order valence-electron chi connectivity index (χ3n) is 3.92. The van der Waals surface area contributed by atoms with Gasteiger partial charge >= 0.3 is 0 Å². The third kappa shape index (κ3) is 1.68. The lowest BCUT2D eigenvalue weighted by Gasteiger charge is -2.39. The van der Waals surface area contributed by atoms with Crippen LogP contribution in [0.5, 0.6) is 0 Å². The van der Waals surface area contributed by atoms with E-state index in [1.165, 1.54) is 5.56 Å². The van der Waals surface area contributed by atoms with E-state index in [0.717, 1.165) is 25.7 Å². The Kier molecular flexibility index (Phi) is 2.57. The quantitative estimate of drug-likeness (QED) is 0.678. The van der Waals surface area contributed by atoms with E-state index in [2.05, 4.69) is 12.1 Å². The highest BCUT2D eigenvalue weighted by molar-refractivity contribution is 5.30. The molecule has 0 unspecified atom stereocenters. The highest BCUT2D eigenvalue weighted by Gasteiger charge is 2.48. The van der Waals surface area contributed by atoms with Gasteiger partial charge in [-0.05, 0) is 32.3 Å². The Morgan fingerprint density at radius 3 is 2.07 bits per heavy atom. The lowest BCUT2D eigenvalue weighted by molar-refractivity contribution is 0.0917. The monoisotopic (exact) mass is 206 g/mol. The molecule has 0 bridgehead atoms. The van der Waals surface area contributed by atoms with Gasteiger partial charge in [0, 0.05) is 5.41 Å². The molecule has 0 nitrogen and oxygen atoms in total. The van der Waals surface area contributed by atoms with Crippen LogP contribution in [0.1, 0.15) is 45.1 Å². The van der Waals surface area contributed by atoms with Crippen molar-refractivity contribution in [3.8, 4) is 0 Å². The molecule has 1 saturated carbocycles. The van der Waals surface area contributed by atoms with Gasteiger partial charge in [-0.2, -0.15) is 0 Å². The molecular formula is C14H19F. The molecule has 0 atom stereocenters. The highest BCUT2D eigenvalue weighted by atomic mass is 19.1. The Balaban J connectivity index is 2.44. The van der Waals surface area contributed by atoms with Crippen LogP contribution in [0, 0.1) is 0 Å². The molecule has 0 aromatic heterocycles. The van der Waals surface area contributed by atoms with Gasteiger partial charge in [0.15, 0.2) is 0 Å². The zero-order valence-electron chi connectivity index (χ0n) is 9.59. The molecule has 0 saturated heterocycles. The topological polar surface area (TPSA) is 0 Å². The second-order valence-corrected chi connectivity index (χ2v) is 5.13. The summed E-state index contributed by atoms with van der Waals surface area (Å²) in [5.74, 6) is 0. The van der Waals surface area contributed by atoms with Crippen LogP contribution >= 0.6 is 0 Å². The Hall–Kier alpha value is -0.850. The van der Waals surface area contributed by atoms with E-state index in [0.29, 0.717) is 0 Å². The molecule has 1 aromatic carbocycles. The number of halogens is 1. The maximum Gasteiger partial charge on any atom is 0.115 e. The summed E-state index contributed by atoms with van der Waals surface area (Å²) in [4.78, 5) is 0. The standard InChI is InChI=1S/C14H19F/c1-13(2,15)14(10-6-7-11-14)12-8-4-3-5-9-12/h3-5,8-9H,6-7,10-11H2,1-2H3. The van der Waals surface area contributed by atoms with Crippen molar-refractivity contribution in [3.05, 3.63) is 35.9 Å². The molecule has 1 aromatic rings. The molecule has 1 fully saturated rings. The van der Waals surface area contributed by atoms with E-state index in [-0.39, 0.29) is 5.41 Å². The number of alkyl halides is 1. The molecule has 1 aliphatic rings. The maximum atomic E-state index is 14.4. The van der Waals surface area contributed by atoms with Crippen LogP contribution < -0.4 is 0 Å². The van der Waals surface area contributed by atoms with Crippen molar-refractivity contribution in [1.82, 2.24) is 0 Å². The molecule has 1 aliphatic carbocycles. The molecule has 0 spiro atoms. The zero-order valence-corrected chi connectivity index (χ0v) is 9.59. The van der Waals surface area contributed by atoms with Crippen LogP contribution in [-0.4, -0.2) is 5.67 Å². The average Bonchev–Trinajstić information content (AvgIpc) is 2.68. The van der Waals surface area contributed by atoms with E-state index in [4.69, 9.17) is 0 Å². The molecule has 2 rings (SSSR count). The predicted octanol–water partition coefficient (Wildman–Crippen LogP) is 4.25. The summed E-state index contributed by atoms with van der Waals surface area (Å²) in [5.41, 5.74) is -0.186. The zero-order chi connectivity index (χ0) is 10.9. The van der Waals surface area contributed by atoms with Crippen LogP contribution in [-0.2, 0) is 5.41 Å². The first-order valence-electron chi connectivity index (χ1n) is 5.81. The van der Waals surface area contributed by atoms with Crippen LogP contribution in [0.3, 0.4) is 0 Å². The fraction of sp³-hybridized carbons (Fsp3) is 0.571. The van der Waals surface area contributed by atoms with Crippen LogP contribution in [0.25, 0.3) is 0 Å². The van der Waals surface area contributed by atoms with Crippen LogP contribution in [0.15, 0.2) is 30.3 Å². The molecule has 82 valence electrons. The van der Waals surface area contributed by atoms with Gasteiger partial charge in [0.05, 0.1) is 0 Å². The number of benzene rings is 1. The molecule has 0 N–H and O–H groups in total. The minimum Gasteiger partial charge on any atom is -0.244 e. The lowest BCUT2D eigenvalue weighted by Crippen LogP contribution is -2.41. The first-order valence-corrected chi connectivity index (χ1v) is 5.81. The molecule has 0 aliphatic heterocycles. The second-order valence-electron chi connectivity index (χ2n) is 5.13. The third-order valence-corrected chi connectivity index (χ3v) is 3.92. The van der Waals surface area contributed by atoms with Crippen LogP contribution in [0.2, 0.25) is 0 Å². The molecular weight excluding hydrogens is 187 g/mol. The normalized spacial score (nSPS) is 20.5. The Bertz CT molecular complexity index is 315. The molecule has 15 heavy (non-hydrogen) atoms. The summed E-state index contributed by atoms with van der Waals surface area (Å²) in [7, 11) is 0. The first kappa shape index (κ1) is 10.7. The van der Waals surface area contributed by atoms with Gasteiger partial charge in [0.25, 0.3) is 0 Å². The molecule has 0 heterocycles. The van der Waals surface area contributed by atoms with Crippen molar-refractivity contribution < 1.29 is 4.39 Å². The summed E-state index contributed by atoms with van der Waals surface area (Å²) in [6.07, 6.45) is 4.28. The molecule has 0 amide bonds. The summed E-state index contributed by atoms with van der Waals surface area (Å²) in [6, 6.07) is 10.2. The van der Waals surface area contributed by atoms with Gasteiger partial charge in [-0.15, -0.1) is 0 Å². The Labute approximate surface area is 91.5 Å². The van der Waals surface area contributed by atoms with Crippen molar-refractivity contribution in [1.29, 1.82) is 0 Å². The van der Waals surface area contributed by atoms with Gasteiger partial charge in [-0.3, -0.25) is 0 Å². The van der Waals surface area contributed by atoms with E-state index in [1.807, 2.05) is 18.2 Å². The first-order chi connectivity index (χ1) is 7.06. The molecule has 0 radical (unpaired) electrons. The predicted molar refractivity (Wildman–Crippen MR) is 61.8 cm³/mol. The second kappa shape index (κ2) is 3.62. The van der Waals surface area contributed by atoms with Gasteiger partial charge in [0.2, 0.25) is 0 Å². The summed E-state index contributed by atoms with van der Waals surface area (Å²) >= 11 is 0. The van der Waals surface area contributed by atoms with E-state index in [9.17, 15) is 4.39 Å². The van der Waals surface area contributed by atoms with E-state index >= 15 is 0 Å². The number of hydrogen-bond acceptors (Lipinski definition) is 0. The summed E-state index contributed by atoms with van der Waals surface area (Å²) < 4.78 is 14.4. The fourth-order valence-corrected chi connectivity index (χ4v) is 2.96. The Morgan fingerprint density at radius 1 is 1.07 bits per heavy atom. The number of rotatable bonds is 2. The summed E-state index contributed by atoms with van der Waals surface area (Å²) in [5, 5.41) is 0. The van der Waals surface area contributed by atoms with Gasteiger partial charge in [-0.25, -0.2) is 4.39 Å². The minimum atomic E-state index is -1.12. The smallest absolute Gasteiger partial charge is 0.115 e. The minimum absolute atomic E-state index is 0.242. The van der Waals surface area contributed by atoms with Crippen molar-refractivity contribution in [2.45, 2.75) is 50.6 Å². The molecule has 1 heteroatoms.